The molecule has 0 fully saturated rings. The van der Waals surface area contributed by atoms with Crippen molar-refractivity contribution in [2.45, 2.75) is 238 Å². The van der Waals surface area contributed by atoms with Gasteiger partial charge in [0, 0.05) is 12.8 Å². The second-order valence-corrected chi connectivity index (χ2v) is 22.1. The van der Waals surface area contributed by atoms with Crippen molar-refractivity contribution < 1.29 is 42.1 Å². The number of hydrogen-bond acceptors (Lipinski definition) is 7. The number of nitrogens with zero attached hydrogens (tertiary/aromatic N) is 1. The van der Waals surface area contributed by atoms with Gasteiger partial charge in [0.15, 0.2) is 6.10 Å². The van der Waals surface area contributed by atoms with E-state index in [4.69, 9.17) is 18.5 Å². The molecule has 2 unspecified atom stereocenters. The molecule has 0 aromatic carbocycles. The molecular weight excluding hydrogens is 942 g/mol. The lowest BCUT2D eigenvalue weighted by atomic mass is 10.0. The molecule has 0 aliphatic rings. The molecule has 0 aromatic heterocycles. The summed E-state index contributed by atoms with van der Waals surface area (Å²) in [7, 11) is 1.46. The van der Waals surface area contributed by atoms with Crippen molar-refractivity contribution in [3.8, 4) is 0 Å². The van der Waals surface area contributed by atoms with Gasteiger partial charge in [-0.05, 0) is 103 Å². The highest BCUT2D eigenvalue weighted by atomic mass is 31.2. The second-order valence-electron chi connectivity index (χ2n) is 20.6. The van der Waals surface area contributed by atoms with Gasteiger partial charge in [0.25, 0.3) is 0 Å². The summed E-state index contributed by atoms with van der Waals surface area (Å²) in [6.45, 7) is 4.27. The highest BCUT2D eigenvalue weighted by molar-refractivity contribution is 7.47. The molecule has 0 radical (unpaired) electrons. The SMILES string of the molecule is CC/C=C\C/C=C\C/C=C\C/C=C\C/C=C\C/C=C\C/C=C\CCCCCCCCCCCCCCCC(=O)OC(COC(=O)CCCCCCC/C=C\C/C=C\CCCCC)COP(=O)(O)OCC[N+](C)(C)C. The Labute approximate surface area is 455 Å². The van der Waals surface area contributed by atoms with Crippen molar-refractivity contribution in [3.05, 3.63) is 109 Å². The van der Waals surface area contributed by atoms with E-state index in [0.717, 1.165) is 109 Å². The summed E-state index contributed by atoms with van der Waals surface area (Å²) in [4.78, 5) is 35.6. The zero-order valence-electron chi connectivity index (χ0n) is 48.0. The van der Waals surface area contributed by atoms with E-state index < -0.39 is 26.5 Å². The van der Waals surface area contributed by atoms with E-state index in [1.165, 1.54) is 89.9 Å². The molecule has 9 nitrogen and oxygen atoms in total. The number of allylic oxidation sites excluding steroid dienone is 18. The predicted molar refractivity (Wildman–Crippen MR) is 316 cm³/mol. The third-order valence-corrected chi connectivity index (χ3v) is 13.3. The standard InChI is InChI=1S/C64H110NO8P/c1-6-8-10-12-14-16-18-20-22-23-24-25-26-27-28-29-30-31-32-33-34-35-36-37-38-39-40-41-43-45-47-49-51-53-55-57-64(67)73-62(61-72-74(68,69)71-59-58-65(3,4)5)60-70-63(66)56-54-52-50-48-46-44-42-21-19-17-15-13-11-9-7-2/h8,10,14-17,20-22,24-25,27-28,30-31,33-34,42,62H,6-7,9,11-13,18-19,23,26,29,32,35-41,43-61H2,1-5H3/p+1/b10-8-,16-14-,17-15-,22-20-,25-24-,28-27-,31-30-,34-33-,42-21-. The van der Waals surface area contributed by atoms with E-state index in [-0.39, 0.29) is 32.0 Å². The predicted octanol–water partition coefficient (Wildman–Crippen LogP) is 18.6. The number of carbonyl (C=O) groups excluding carboxylic acids is 2. The van der Waals surface area contributed by atoms with Gasteiger partial charge in [0.2, 0.25) is 0 Å². The Bertz CT molecular complexity index is 1620. The molecule has 0 aliphatic carbocycles. The van der Waals surface area contributed by atoms with E-state index in [9.17, 15) is 19.0 Å². The summed E-state index contributed by atoms with van der Waals surface area (Å²) in [5.41, 5.74) is 0. The number of phosphoric acid groups is 1. The minimum Gasteiger partial charge on any atom is -0.462 e. The largest absolute Gasteiger partial charge is 0.472 e. The number of quaternary nitrogens is 1. The van der Waals surface area contributed by atoms with E-state index >= 15 is 0 Å². The number of rotatable bonds is 53. The Balaban J connectivity index is 4.10. The van der Waals surface area contributed by atoms with Crippen LogP contribution in [0.4, 0.5) is 0 Å². The molecule has 0 saturated carbocycles. The van der Waals surface area contributed by atoms with E-state index in [0.29, 0.717) is 17.4 Å². The van der Waals surface area contributed by atoms with Gasteiger partial charge in [0.05, 0.1) is 27.7 Å². The maximum Gasteiger partial charge on any atom is 0.472 e. The Morgan fingerprint density at radius 3 is 1.15 bits per heavy atom. The lowest BCUT2D eigenvalue weighted by Crippen LogP contribution is -2.37. The second kappa shape index (κ2) is 54.5. The summed E-state index contributed by atoms with van der Waals surface area (Å²) in [5.74, 6) is -0.818. The first-order valence-electron chi connectivity index (χ1n) is 29.6. The van der Waals surface area contributed by atoms with E-state index in [1.54, 1.807) is 0 Å². The zero-order valence-corrected chi connectivity index (χ0v) is 48.9. The molecule has 0 saturated heterocycles. The van der Waals surface area contributed by atoms with Gasteiger partial charge >= 0.3 is 19.8 Å². The normalized spacial score (nSPS) is 14.1. The number of phosphoric ester groups is 1. The highest BCUT2D eigenvalue weighted by Crippen LogP contribution is 2.43. The van der Waals surface area contributed by atoms with Crippen LogP contribution < -0.4 is 0 Å². The van der Waals surface area contributed by atoms with Crippen LogP contribution in [-0.4, -0.2) is 74.9 Å². The van der Waals surface area contributed by atoms with Crippen molar-refractivity contribution >= 4 is 19.8 Å². The van der Waals surface area contributed by atoms with Crippen LogP contribution in [0.25, 0.3) is 0 Å². The summed E-state index contributed by atoms with van der Waals surface area (Å²) >= 11 is 0. The van der Waals surface area contributed by atoms with Crippen LogP contribution in [0.2, 0.25) is 0 Å². The number of hydrogen-bond donors (Lipinski definition) is 1. The molecular formula is C64H111NO8P+. The van der Waals surface area contributed by atoms with E-state index in [1.807, 2.05) is 21.1 Å². The molecule has 0 bridgehead atoms. The smallest absolute Gasteiger partial charge is 0.462 e. The van der Waals surface area contributed by atoms with Gasteiger partial charge in [-0.25, -0.2) is 4.57 Å². The Hall–Kier alpha value is -3.33. The molecule has 1 N–H and O–H groups in total. The Morgan fingerprint density at radius 2 is 0.770 bits per heavy atom. The van der Waals surface area contributed by atoms with Crippen molar-refractivity contribution in [1.82, 2.24) is 0 Å². The Morgan fingerprint density at radius 1 is 0.432 bits per heavy atom. The van der Waals surface area contributed by atoms with Crippen LogP contribution >= 0.6 is 7.82 Å². The first-order chi connectivity index (χ1) is 36.0. The number of likely N-dealkylation sites (N-methyl/N-ethyl adjacent to an activating group) is 1. The molecule has 2 atom stereocenters. The lowest BCUT2D eigenvalue weighted by Gasteiger charge is -2.24. The van der Waals surface area contributed by atoms with Gasteiger partial charge < -0.3 is 18.9 Å². The highest BCUT2D eigenvalue weighted by Gasteiger charge is 2.27. The molecule has 0 heterocycles. The minimum absolute atomic E-state index is 0.0249. The maximum atomic E-state index is 12.8. The average Bonchev–Trinajstić information content (AvgIpc) is 3.36. The average molecular weight is 1050 g/mol. The molecule has 424 valence electrons. The van der Waals surface area contributed by atoms with Crippen molar-refractivity contribution in [2.75, 3.05) is 47.5 Å². The fourth-order valence-corrected chi connectivity index (χ4v) is 8.47. The van der Waals surface area contributed by atoms with Crippen LogP contribution in [0, 0.1) is 0 Å². The van der Waals surface area contributed by atoms with Gasteiger partial charge in [-0.3, -0.25) is 18.6 Å². The molecule has 10 heteroatoms. The molecule has 0 spiro atoms. The number of ether oxygens (including phenoxy) is 2. The first-order valence-corrected chi connectivity index (χ1v) is 31.1. The first kappa shape index (κ1) is 70.7. The van der Waals surface area contributed by atoms with Crippen LogP contribution in [0.15, 0.2) is 109 Å². The van der Waals surface area contributed by atoms with Crippen molar-refractivity contribution in [1.29, 1.82) is 0 Å². The van der Waals surface area contributed by atoms with Crippen LogP contribution in [0.5, 0.6) is 0 Å². The molecule has 0 aliphatic heterocycles. The molecule has 0 amide bonds. The number of carbonyl (C=O) groups is 2. The van der Waals surface area contributed by atoms with Crippen LogP contribution in [0.1, 0.15) is 232 Å². The topological polar surface area (TPSA) is 108 Å². The number of unbranched alkanes of at least 4 members (excludes halogenated alkanes) is 21. The summed E-state index contributed by atoms with van der Waals surface area (Å²) in [5, 5.41) is 0. The molecule has 74 heavy (non-hydrogen) atoms. The van der Waals surface area contributed by atoms with Gasteiger partial charge in [-0.15, -0.1) is 0 Å². The third-order valence-electron chi connectivity index (χ3n) is 12.3. The number of esters is 2. The quantitative estimate of drug-likeness (QED) is 0.0211. The van der Waals surface area contributed by atoms with Gasteiger partial charge in [0.1, 0.15) is 19.8 Å². The maximum absolute atomic E-state index is 12.8. The van der Waals surface area contributed by atoms with Crippen molar-refractivity contribution in [2.24, 2.45) is 0 Å². The fourth-order valence-electron chi connectivity index (χ4n) is 7.73. The van der Waals surface area contributed by atoms with Gasteiger partial charge in [-0.2, -0.15) is 0 Å². The van der Waals surface area contributed by atoms with Crippen molar-refractivity contribution in [3.63, 3.8) is 0 Å². The monoisotopic (exact) mass is 1050 g/mol. The molecule has 0 aromatic rings. The summed E-state index contributed by atoms with van der Waals surface area (Å²) in [6, 6.07) is 0. The third kappa shape index (κ3) is 57.9. The summed E-state index contributed by atoms with van der Waals surface area (Å²) < 4.78 is 34.5. The minimum atomic E-state index is -4.39. The van der Waals surface area contributed by atoms with Crippen LogP contribution in [-0.2, 0) is 32.7 Å². The summed E-state index contributed by atoms with van der Waals surface area (Å²) in [6.07, 6.45) is 75.9. The van der Waals surface area contributed by atoms with Crippen LogP contribution in [0.3, 0.4) is 0 Å². The van der Waals surface area contributed by atoms with Gasteiger partial charge in [-0.1, -0.05) is 226 Å². The lowest BCUT2D eigenvalue weighted by molar-refractivity contribution is -0.870. The molecule has 0 rings (SSSR count). The zero-order chi connectivity index (χ0) is 54.2. The Kier molecular flexibility index (Phi) is 52.0. The fraction of sp³-hybridized carbons (Fsp3) is 0.688. The van der Waals surface area contributed by atoms with E-state index in [2.05, 4.69) is 123 Å².